The molecule has 0 spiro atoms. The molecule has 2 N–H and O–H groups in total. The number of rotatable bonds is 9. The molecule has 3 aromatic rings. The van der Waals surface area contributed by atoms with Crippen LogP contribution in [0.5, 0.6) is 0 Å². The molecule has 0 fully saturated rings. The maximum atomic E-state index is 13.6. The summed E-state index contributed by atoms with van der Waals surface area (Å²) in [6.45, 7) is 2.70. The van der Waals surface area contributed by atoms with Crippen LogP contribution in [0.15, 0.2) is 54.7 Å². The lowest BCUT2D eigenvalue weighted by Gasteiger charge is -2.35. The molecule has 0 radical (unpaired) electrons. The van der Waals surface area contributed by atoms with Gasteiger partial charge in [0.1, 0.15) is 5.54 Å². The fourth-order valence-corrected chi connectivity index (χ4v) is 4.55. The summed E-state index contributed by atoms with van der Waals surface area (Å²) in [7, 11) is -1.88. The van der Waals surface area contributed by atoms with Crippen molar-refractivity contribution in [1.82, 2.24) is 9.88 Å². The average molecular weight is 464 g/mol. The maximum absolute atomic E-state index is 13.6. The van der Waals surface area contributed by atoms with Crippen LogP contribution in [0, 0.1) is 0 Å². The molecular weight excluding hydrogens is 438 g/mol. The van der Waals surface area contributed by atoms with E-state index in [1.807, 2.05) is 42.0 Å². The van der Waals surface area contributed by atoms with Crippen molar-refractivity contribution in [2.24, 2.45) is 0 Å². The summed E-state index contributed by atoms with van der Waals surface area (Å²) in [6, 6.07) is 14.3. The normalized spacial score (nSPS) is 13.7. The Kier molecular flexibility index (Phi) is 6.93. The molecule has 166 valence electrons. The fraction of sp³-hybridized carbons (Fsp3) is 0.318. The number of carbonyl (C=O) groups excluding carboxylic acids is 1. The van der Waals surface area contributed by atoms with Crippen LogP contribution in [-0.4, -0.2) is 45.4 Å². The Morgan fingerprint density at radius 1 is 1.16 bits per heavy atom. The van der Waals surface area contributed by atoms with Gasteiger partial charge in [0.05, 0.1) is 24.1 Å². The third-order valence-corrected chi connectivity index (χ3v) is 6.08. The van der Waals surface area contributed by atoms with Gasteiger partial charge in [-0.15, -0.1) is 0 Å². The predicted octanol–water partition coefficient (Wildman–Crippen LogP) is 3.58. The van der Waals surface area contributed by atoms with Crippen molar-refractivity contribution in [3.63, 3.8) is 0 Å². The second kappa shape index (κ2) is 9.30. The van der Waals surface area contributed by atoms with Crippen LogP contribution in [0.4, 0.5) is 5.69 Å². The Morgan fingerprint density at radius 2 is 1.87 bits per heavy atom. The number of sulfonamides is 1. The van der Waals surface area contributed by atoms with E-state index in [0.29, 0.717) is 35.7 Å². The first kappa shape index (κ1) is 23.1. The number of nitrogens with one attached hydrogen (secondary N) is 2. The molecule has 0 saturated heterocycles. The highest BCUT2D eigenvalue weighted by Gasteiger charge is 2.41. The van der Waals surface area contributed by atoms with E-state index in [9.17, 15) is 13.2 Å². The number of methoxy groups -OCH3 is 1. The van der Waals surface area contributed by atoms with E-state index >= 15 is 0 Å². The number of nitrogens with zero attached hydrogens (tertiary/aromatic N) is 1. The number of aromatic nitrogens is 1. The Bertz CT molecular complexity index is 1180. The number of hydrogen-bond donors (Lipinski definition) is 2. The zero-order valence-corrected chi connectivity index (χ0v) is 19.3. The molecule has 2 aromatic carbocycles. The molecule has 7 nitrogen and oxygen atoms in total. The molecule has 1 atom stereocenters. The van der Waals surface area contributed by atoms with Crippen molar-refractivity contribution in [2.75, 3.05) is 31.2 Å². The Hall–Kier alpha value is -2.55. The molecule has 31 heavy (non-hydrogen) atoms. The van der Waals surface area contributed by atoms with Crippen molar-refractivity contribution in [3.05, 3.63) is 65.3 Å². The summed E-state index contributed by atoms with van der Waals surface area (Å²) >= 11 is 6.10. The first-order chi connectivity index (χ1) is 14.7. The van der Waals surface area contributed by atoms with Gasteiger partial charge in [0, 0.05) is 30.3 Å². The average Bonchev–Trinajstić information content (AvgIpc) is 3.15. The number of benzene rings is 2. The lowest BCUT2D eigenvalue weighted by molar-refractivity contribution is -0.128. The number of fused-ring (bicyclic) bond motifs is 1. The van der Waals surface area contributed by atoms with E-state index in [2.05, 4.69) is 10.0 Å². The molecule has 0 aliphatic heterocycles. The molecule has 0 aliphatic rings. The third-order valence-electron chi connectivity index (χ3n) is 5.24. The summed E-state index contributed by atoms with van der Waals surface area (Å²) < 4.78 is 33.1. The fourth-order valence-electron chi connectivity index (χ4n) is 3.84. The second-order valence-electron chi connectivity index (χ2n) is 7.27. The van der Waals surface area contributed by atoms with Crippen LogP contribution in [0.1, 0.15) is 18.9 Å². The third kappa shape index (κ3) is 4.71. The molecule has 1 amide bonds. The first-order valence-electron chi connectivity index (χ1n) is 9.84. The van der Waals surface area contributed by atoms with Crippen LogP contribution in [0.25, 0.3) is 10.9 Å². The zero-order chi connectivity index (χ0) is 22.6. The highest BCUT2D eigenvalue weighted by atomic mass is 35.5. The standard InChI is InChI=1S/C22H26ClN3O4S/c1-4-22(21(27)24-13-15-30-2,16-8-10-17(23)11-9-16)26-14-12-18-19(25-31(3,28)29)6-5-7-20(18)26/h5-12,14,25H,4,13,15H2,1-3H3,(H,24,27). The van der Waals surface area contributed by atoms with E-state index in [4.69, 9.17) is 16.3 Å². The van der Waals surface area contributed by atoms with E-state index in [-0.39, 0.29) is 5.91 Å². The molecule has 1 unspecified atom stereocenters. The zero-order valence-electron chi connectivity index (χ0n) is 17.7. The molecule has 1 aromatic heterocycles. The van der Waals surface area contributed by atoms with Crippen LogP contribution >= 0.6 is 11.6 Å². The smallest absolute Gasteiger partial charge is 0.250 e. The summed E-state index contributed by atoms with van der Waals surface area (Å²) in [5, 5.41) is 4.24. The van der Waals surface area contributed by atoms with Crippen LogP contribution in [0.2, 0.25) is 5.02 Å². The SMILES string of the molecule is CCC(C(=O)NCCOC)(c1ccc(Cl)cc1)n1ccc2c(NS(C)(=O)=O)cccc21. The van der Waals surface area contributed by atoms with Crippen molar-refractivity contribution in [1.29, 1.82) is 0 Å². The number of carbonyl (C=O) groups is 1. The quantitative estimate of drug-likeness (QED) is 0.474. The van der Waals surface area contributed by atoms with Gasteiger partial charge in [0.2, 0.25) is 10.0 Å². The topological polar surface area (TPSA) is 89.4 Å². The van der Waals surface area contributed by atoms with E-state index in [1.54, 1.807) is 31.4 Å². The summed E-state index contributed by atoms with van der Waals surface area (Å²) in [6.07, 6.45) is 3.38. The van der Waals surface area contributed by atoms with Crippen LogP contribution in [0.3, 0.4) is 0 Å². The van der Waals surface area contributed by atoms with Crippen molar-refractivity contribution < 1.29 is 17.9 Å². The second-order valence-corrected chi connectivity index (χ2v) is 9.45. The molecule has 0 bridgehead atoms. The molecule has 9 heteroatoms. The number of halogens is 1. The van der Waals surface area contributed by atoms with Gasteiger partial charge >= 0.3 is 0 Å². The summed E-state index contributed by atoms with van der Waals surface area (Å²) in [5.74, 6) is -0.187. The lowest BCUT2D eigenvalue weighted by Crippen LogP contribution is -2.49. The first-order valence-corrected chi connectivity index (χ1v) is 12.1. The Balaban J connectivity index is 2.22. The molecule has 0 saturated carbocycles. The van der Waals surface area contributed by atoms with Gasteiger partial charge in [0.15, 0.2) is 0 Å². The lowest BCUT2D eigenvalue weighted by atomic mass is 9.85. The number of hydrogen-bond acceptors (Lipinski definition) is 4. The molecule has 3 rings (SSSR count). The van der Waals surface area contributed by atoms with E-state index in [0.717, 1.165) is 17.3 Å². The van der Waals surface area contributed by atoms with Gasteiger partial charge in [-0.2, -0.15) is 0 Å². The van der Waals surface area contributed by atoms with Crippen LogP contribution < -0.4 is 10.0 Å². The summed E-state index contributed by atoms with van der Waals surface area (Å²) in [4.78, 5) is 13.6. The monoisotopic (exact) mass is 463 g/mol. The van der Waals surface area contributed by atoms with Crippen molar-refractivity contribution >= 4 is 44.1 Å². The largest absolute Gasteiger partial charge is 0.383 e. The van der Waals surface area contributed by atoms with E-state index < -0.39 is 15.6 Å². The van der Waals surface area contributed by atoms with Gasteiger partial charge in [-0.3, -0.25) is 9.52 Å². The summed E-state index contributed by atoms with van der Waals surface area (Å²) in [5.41, 5.74) is 0.893. The minimum atomic E-state index is -3.46. The van der Waals surface area contributed by atoms with Gasteiger partial charge in [-0.25, -0.2) is 8.42 Å². The number of ether oxygens (including phenoxy) is 1. The van der Waals surface area contributed by atoms with Gasteiger partial charge in [-0.1, -0.05) is 36.7 Å². The molecular formula is C22H26ClN3O4S. The number of amides is 1. The Labute approximate surface area is 187 Å². The number of anilines is 1. The minimum Gasteiger partial charge on any atom is -0.383 e. The molecule has 1 heterocycles. The van der Waals surface area contributed by atoms with Gasteiger partial charge < -0.3 is 14.6 Å². The Morgan fingerprint density at radius 3 is 2.48 bits per heavy atom. The van der Waals surface area contributed by atoms with Gasteiger partial charge in [-0.05, 0) is 42.3 Å². The molecule has 0 aliphatic carbocycles. The van der Waals surface area contributed by atoms with Crippen LogP contribution in [-0.2, 0) is 25.1 Å². The van der Waals surface area contributed by atoms with Crippen molar-refractivity contribution in [3.8, 4) is 0 Å². The highest BCUT2D eigenvalue weighted by Crippen LogP contribution is 2.37. The maximum Gasteiger partial charge on any atom is 0.250 e. The van der Waals surface area contributed by atoms with E-state index in [1.165, 1.54) is 0 Å². The minimum absolute atomic E-state index is 0.187. The van der Waals surface area contributed by atoms with Gasteiger partial charge in [0.25, 0.3) is 5.91 Å². The highest BCUT2D eigenvalue weighted by molar-refractivity contribution is 7.92. The predicted molar refractivity (Wildman–Crippen MR) is 124 cm³/mol. The van der Waals surface area contributed by atoms with Crippen molar-refractivity contribution in [2.45, 2.75) is 18.9 Å².